The van der Waals surface area contributed by atoms with Gasteiger partial charge in [0, 0.05) is 11.6 Å². The fourth-order valence-corrected chi connectivity index (χ4v) is 1.83. The second-order valence-electron chi connectivity index (χ2n) is 4.39. The number of hydrogen-bond donors (Lipinski definition) is 1. The molecule has 0 fully saturated rings. The van der Waals surface area contributed by atoms with Crippen LogP contribution in [0.2, 0.25) is 0 Å². The van der Waals surface area contributed by atoms with E-state index >= 15 is 0 Å². The number of amides is 1. The number of carbonyl (C=O) groups excluding carboxylic acids is 1. The Labute approximate surface area is 115 Å². The number of anilines is 1. The molecule has 1 aromatic carbocycles. The average Bonchev–Trinajstić information content (AvgIpc) is 2.48. The molecular weight excluding hydrogens is 252 g/mol. The number of fused-ring (bicyclic) bond motifs is 1. The van der Waals surface area contributed by atoms with E-state index in [1.807, 2.05) is 37.3 Å². The summed E-state index contributed by atoms with van der Waals surface area (Å²) in [6, 6.07) is 11.4. The summed E-state index contributed by atoms with van der Waals surface area (Å²) in [5, 5.41) is 3.75. The highest BCUT2D eigenvalue weighted by molar-refractivity contribution is 6.02. The maximum atomic E-state index is 12.0. The monoisotopic (exact) mass is 264 g/mol. The van der Waals surface area contributed by atoms with Crippen molar-refractivity contribution in [2.24, 2.45) is 0 Å². The van der Waals surface area contributed by atoms with Crippen molar-refractivity contribution >= 4 is 22.6 Å². The van der Waals surface area contributed by atoms with Crippen LogP contribution in [0.25, 0.3) is 10.9 Å². The quantitative estimate of drug-likeness (QED) is 0.772. The highest BCUT2D eigenvalue weighted by Gasteiger charge is 2.08. The number of para-hydroxylation sites is 1. The minimum absolute atomic E-state index is 0.269. The standard InChI is InChI=1S/C15H12N4O/c1-10-8-17-13(9-16-10)15(20)19-14-7-6-11-4-2-3-5-12(11)18-14/h2-9H,1H3,(H,18,19,20). The van der Waals surface area contributed by atoms with Crippen LogP contribution in [0.15, 0.2) is 48.8 Å². The maximum absolute atomic E-state index is 12.0. The van der Waals surface area contributed by atoms with E-state index in [1.54, 1.807) is 12.3 Å². The molecule has 0 aliphatic carbocycles. The van der Waals surface area contributed by atoms with Gasteiger partial charge in [0.15, 0.2) is 0 Å². The lowest BCUT2D eigenvalue weighted by molar-refractivity contribution is 0.102. The summed E-state index contributed by atoms with van der Waals surface area (Å²) in [7, 11) is 0. The van der Waals surface area contributed by atoms with Gasteiger partial charge in [-0.3, -0.25) is 9.78 Å². The summed E-state index contributed by atoms with van der Waals surface area (Å²) < 4.78 is 0. The first-order valence-corrected chi connectivity index (χ1v) is 6.18. The molecule has 3 rings (SSSR count). The van der Waals surface area contributed by atoms with E-state index in [0.717, 1.165) is 16.6 Å². The molecule has 98 valence electrons. The number of pyridine rings is 1. The first kappa shape index (κ1) is 12.2. The Morgan fingerprint density at radius 1 is 1.05 bits per heavy atom. The third-order valence-corrected chi connectivity index (χ3v) is 2.85. The van der Waals surface area contributed by atoms with Crippen LogP contribution in [-0.4, -0.2) is 20.9 Å². The van der Waals surface area contributed by atoms with Crippen molar-refractivity contribution in [3.63, 3.8) is 0 Å². The van der Waals surface area contributed by atoms with Gasteiger partial charge in [-0.25, -0.2) is 9.97 Å². The number of nitrogens with one attached hydrogen (secondary N) is 1. The Morgan fingerprint density at radius 2 is 1.90 bits per heavy atom. The van der Waals surface area contributed by atoms with E-state index in [1.165, 1.54) is 6.20 Å². The van der Waals surface area contributed by atoms with Crippen LogP contribution in [-0.2, 0) is 0 Å². The molecule has 2 heterocycles. The number of aromatic nitrogens is 3. The third-order valence-electron chi connectivity index (χ3n) is 2.85. The topological polar surface area (TPSA) is 67.8 Å². The summed E-state index contributed by atoms with van der Waals surface area (Å²) in [6.45, 7) is 1.82. The van der Waals surface area contributed by atoms with Crippen molar-refractivity contribution in [3.05, 3.63) is 60.2 Å². The zero-order chi connectivity index (χ0) is 13.9. The van der Waals surface area contributed by atoms with Crippen LogP contribution < -0.4 is 5.32 Å². The number of nitrogens with zero attached hydrogens (tertiary/aromatic N) is 3. The number of benzene rings is 1. The number of carbonyl (C=O) groups is 1. The Bertz CT molecular complexity index is 768. The molecule has 20 heavy (non-hydrogen) atoms. The maximum Gasteiger partial charge on any atom is 0.277 e. The summed E-state index contributed by atoms with van der Waals surface area (Å²) in [5.74, 6) is 0.177. The van der Waals surface area contributed by atoms with Gasteiger partial charge in [-0.15, -0.1) is 0 Å². The molecule has 0 bridgehead atoms. The minimum Gasteiger partial charge on any atom is -0.305 e. The van der Waals surface area contributed by atoms with E-state index in [0.29, 0.717) is 5.82 Å². The predicted molar refractivity (Wildman–Crippen MR) is 76.5 cm³/mol. The molecular formula is C15H12N4O. The van der Waals surface area contributed by atoms with Crippen LogP contribution in [0.5, 0.6) is 0 Å². The molecule has 0 aliphatic rings. The van der Waals surface area contributed by atoms with Crippen LogP contribution in [0, 0.1) is 6.92 Å². The van der Waals surface area contributed by atoms with Crippen LogP contribution in [0.4, 0.5) is 5.82 Å². The summed E-state index contributed by atoms with van der Waals surface area (Å²) >= 11 is 0. The van der Waals surface area contributed by atoms with E-state index in [4.69, 9.17) is 0 Å². The second kappa shape index (κ2) is 5.05. The van der Waals surface area contributed by atoms with E-state index in [-0.39, 0.29) is 11.6 Å². The zero-order valence-corrected chi connectivity index (χ0v) is 10.9. The predicted octanol–water partition coefficient (Wildman–Crippen LogP) is 2.59. The Kier molecular flexibility index (Phi) is 3.09. The fourth-order valence-electron chi connectivity index (χ4n) is 1.83. The van der Waals surface area contributed by atoms with Gasteiger partial charge in [-0.1, -0.05) is 18.2 Å². The van der Waals surface area contributed by atoms with Gasteiger partial charge in [0.2, 0.25) is 0 Å². The van der Waals surface area contributed by atoms with Gasteiger partial charge in [-0.05, 0) is 25.1 Å². The van der Waals surface area contributed by atoms with Gasteiger partial charge in [0.1, 0.15) is 11.5 Å². The van der Waals surface area contributed by atoms with Gasteiger partial charge in [0.05, 0.1) is 17.4 Å². The van der Waals surface area contributed by atoms with E-state index < -0.39 is 0 Å². The lowest BCUT2D eigenvalue weighted by Gasteiger charge is -2.05. The van der Waals surface area contributed by atoms with Crippen molar-refractivity contribution in [2.45, 2.75) is 6.92 Å². The van der Waals surface area contributed by atoms with E-state index in [9.17, 15) is 4.79 Å². The molecule has 0 unspecified atom stereocenters. The van der Waals surface area contributed by atoms with Gasteiger partial charge in [0.25, 0.3) is 5.91 Å². The van der Waals surface area contributed by atoms with Gasteiger partial charge < -0.3 is 5.32 Å². The summed E-state index contributed by atoms with van der Waals surface area (Å²) in [6.07, 6.45) is 3.01. The fraction of sp³-hybridized carbons (Fsp3) is 0.0667. The minimum atomic E-state index is -0.319. The third kappa shape index (κ3) is 2.47. The lowest BCUT2D eigenvalue weighted by Crippen LogP contribution is -2.15. The first-order chi connectivity index (χ1) is 9.72. The smallest absolute Gasteiger partial charge is 0.277 e. The van der Waals surface area contributed by atoms with Crippen molar-refractivity contribution in [3.8, 4) is 0 Å². The molecule has 5 nitrogen and oxygen atoms in total. The molecule has 0 spiro atoms. The molecule has 0 saturated heterocycles. The van der Waals surface area contributed by atoms with E-state index in [2.05, 4.69) is 20.3 Å². The molecule has 0 atom stereocenters. The molecule has 0 radical (unpaired) electrons. The number of rotatable bonds is 2. The highest BCUT2D eigenvalue weighted by Crippen LogP contribution is 2.14. The summed E-state index contributed by atoms with van der Waals surface area (Å²) in [4.78, 5) is 24.5. The number of hydrogen-bond acceptors (Lipinski definition) is 4. The largest absolute Gasteiger partial charge is 0.305 e. The van der Waals surface area contributed by atoms with Crippen molar-refractivity contribution in [1.29, 1.82) is 0 Å². The second-order valence-corrected chi connectivity index (χ2v) is 4.39. The van der Waals surface area contributed by atoms with Crippen LogP contribution in [0.3, 0.4) is 0 Å². The summed E-state index contributed by atoms with van der Waals surface area (Å²) in [5.41, 5.74) is 1.87. The van der Waals surface area contributed by atoms with Gasteiger partial charge in [-0.2, -0.15) is 0 Å². The lowest BCUT2D eigenvalue weighted by atomic mass is 10.2. The molecule has 1 N–H and O–H groups in total. The van der Waals surface area contributed by atoms with Crippen molar-refractivity contribution in [2.75, 3.05) is 5.32 Å². The Morgan fingerprint density at radius 3 is 2.70 bits per heavy atom. The average molecular weight is 264 g/mol. The van der Waals surface area contributed by atoms with Crippen LogP contribution in [0.1, 0.15) is 16.2 Å². The molecule has 0 aliphatic heterocycles. The number of aryl methyl sites for hydroxylation is 1. The molecule has 5 heteroatoms. The molecule has 0 saturated carbocycles. The Hall–Kier alpha value is -2.82. The highest BCUT2D eigenvalue weighted by atomic mass is 16.1. The SMILES string of the molecule is Cc1cnc(C(=O)Nc2ccc3ccccc3n2)cn1. The molecule has 2 aromatic heterocycles. The zero-order valence-electron chi connectivity index (χ0n) is 10.9. The normalized spacial score (nSPS) is 10.4. The Balaban J connectivity index is 1.85. The van der Waals surface area contributed by atoms with Gasteiger partial charge >= 0.3 is 0 Å². The van der Waals surface area contributed by atoms with Crippen LogP contribution >= 0.6 is 0 Å². The van der Waals surface area contributed by atoms with Crippen molar-refractivity contribution in [1.82, 2.24) is 15.0 Å². The first-order valence-electron chi connectivity index (χ1n) is 6.18. The molecule has 3 aromatic rings. The molecule has 1 amide bonds. The van der Waals surface area contributed by atoms with Crippen molar-refractivity contribution < 1.29 is 4.79 Å².